The molecule has 0 spiro atoms. The second-order valence-corrected chi connectivity index (χ2v) is 5.94. The molecule has 0 bridgehead atoms. The second-order valence-electron chi connectivity index (χ2n) is 5.94. The molecular weight excluding hydrogens is 308 g/mol. The van der Waals surface area contributed by atoms with E-state index in [4.69, 9.17) is 16.0 Å². The van der Waals surface area contributed by atoms with E-state index in [0.29, 0.717) is 12.1 Å². The molecule has 0 fully saturated rings. The van der Waals surface area contributed by atoms with Crippen LogP contribution in [-0.4, -0.2) is 9.55 Å². The van der Waals surface area contributed by atoms with Gasteiger partial charge in [0.05, 0.1) is 22.7 Å². The summed E-state index contributed by atoms with van der Waals surface area (Å²) >= 11 is 0. The molecule has 1 heterocycles. The lowest BCUT2D eigenvalue weighted by atomic mass is 10.1. The van der Waals surface area contributed by atoms with E-state index in [1.165, 1.54) is 0 Å². The van der Waals surface area contributed by atoms with Gasteiger partial charge in [0.2, 0.25) is 0 Å². The molecule has 0 amide bonds. The molecule has 0 unspecified atom stereocenters. The predicted octanol–water partition coefficient (Wildman–Crippen LogP) is 4.21. The average Bonchev–Trinajstić information content (AvgIpc) is 3.01. The molecule has 0 radical (unpaired) electrons. The lowest BCUT2D eigenvalue weighted by Crippen LogP contribution is -2.02. The van der Waals surface area contributed by atoms with Crippen molar-refractivity contribution in [3.8, 4) is 17.5 Å². The maximum Gasteiger partial charge on any atom is 0.141 e. The van der Waals surface area contributed by atoms with Crippen LogP contribution in [0.2, 0.25) is 0 Å². The molecule has 0 aliphatic carbocycles. The first-order valence-corrected chi connectivity index (χ1v) is 8.05. The van der Waals surface area contributed by atoms with E-state index in [1.807, 2.05) is 66.7 Å². The van der Waals surface area contributed by atoms with Crippen molar-refractivity contribution in [2.45, 2.75) is 6.54 Å². The molecule has 4 aromatic rings. The molecule has 0 saturated carbocycles. The molecule has 3 aromatic carbocycles. The molecule has 2 N–H and O–H groups in total. The molecule has 0 saturated heterocycles. The Hall–Kier alpha value is -3.58. The van der Waals surface area contributed by atoms with E-state index in [-0.39, 0.29) is 0 Å². The summed E-state index contributed by atoms with van der Waals surface area (Å²) in [5.74, 6) is 0.887. The zero-order valence-corrected chi connectivity index (χ0v) is 13.6. The van der Waals surface area contributed by atoms with Crippen molar-refractivity contribution in [2.24, 2.45) is 0 Å². The summed E-state index contributed by atoms with van der Waals surface area (Å²) in [6.07, 6.45) is 0. The third kappa shape index (κ3) is 2.84. The van der Waals surface area contributed by atoms with Crippen molar-refractivity contribution in [3.63, 3.8) is 0 Å². The summed E-state index contributed by atoms with van der Waals surface area (Å²) in [5.41, 5.74) is 11.5. The van der Waals surface area contributed by atoms with Crippen LogP contribution in [0, 0.1) is 11.3 Å². The lowest BCUT2D eigenvalue weighted by Gasteiger charge is -2.10. The van der Waals surface area contributed by atoms with Crippen LogP contribution in [-0.2, 0) is 6.54 Å². The van der Waals surface area contributed by atoms with Gasteiger partial charge in [0.15, 0.2) is 0 Å². The number of hydrogen-bond acceptors (Lipinski definition) is 3. The molecule has 25 heavy (non-hydrogen) atoms. The number of nitrogens with zero attached hydrogens (tertiary/aromatic N) is 3. The van der Waals surface area contributed by atoms with Gasteiger partial charge < -0.3 is 10.3 Å². The van der Waals surface area contributed by atoms with Gasteiger partial charge in [-0.1, -0.05) is 36.4 Å². The van der Waals surface area contributed by atoms with E-state index < -0.39 is 0 Å². The molecule has 4 heteroatoms. The van der Waals surface area contributed by atoms with Gasteiger partial charge in [0, 0.05) is 17.8 Å². The fourth-order valence-corrected chi connectivity index (χ4v) is 3.00. The number of anilines is 1. The van der Waals surface area contributed by atoms with Crippen LogP contribution in [0.4, 0.5) is 5.69 Å². The lowest BCUT2D eigenvalue weighted by molar-refractivity contribution is 0.834. The van der Waals surface area contributed by atoms with Crippen LogP contribution in [0.25, 0.3) is 22.4 Å². The third-order valence-electron chi connectivity index (χ3n) is 4.22. The van der Waals surface area contributed by atoms with Crippen molar-refractivity contribution in [1.82, 2.24) is 9.55 Å². The normalized spacial score (nSPS) is 10.7. The van der Waals surface area contributed by atoms with Gasteiger partial charge in [-0.15, -0.1) is 0 Å². The highest BCUT2D eigenvalue weighted by Gasteiger charge is 2.13. The van der Waals surface area contributed by atoms with E-state index in [0.717, 1.165) is 33.7 Å². The summed E-state index contributed by atoms with van der Waals surface area (Å²) in [7, 11) is 0. The first-order chi connectivity index (χ1) is 12.2. The van der Waals surface area contributed by atoms with Crippen molar-refractivity contribution in [3.05, 3.63) is 83.9 Å². The van der Waals surface area contributed by atoms with Gasteiger partial charge >= 0.3 is 0 Å². The molecular formula is C21H16N4. The van der Waals surface area contributed by atoms with Crippen molar-refractivity contribution in [1.29, 1.82) is 5.26 Å². The number of rotatable bonds is 3. The standard InChI is InChI=1S/C21H16N4/c22-13-15-8-10-16(11-9-15)14-25-20-7-2-1-6-19(20)24-21(25)17-4-3-5-18(23)12-17/h1-12H,14,23H2. The number of nitrogens with two attached hydrogens (primary N) is 1. The van der Waals surface area contributed by atoms with Crippen LogP contribution < -0.4 is 5.73 Å². The van der Waals surface area contributed by atoms with Crippen LogP contribution in [0.3, 0.4) is 0 Å². The van der Waals surface area contributed by atoms with E-state index in [2.05, 4.69) is 16.7 Å². The first-order valence-electron chi connectivity index (χ1n) is 8.05. The van der Waals surface area contributed by atoms with Gasteiger partial charge in [-0.2, -0.15) is 5.26 Å². The molecule has 120 valence electrons. The molecule has 4 nitrogen and oxygen atoms in total. The van der Waals surface area contributed by atoms with Gasteiger partial charge in [-0.05, 0) is 42.0 Å². The van der Waals surface area contributed by atoms with Crippen LogP contribution in [0.1, 0.15) is 11.1 Å². The zero-order chi connectivity index (χ0) is 17.2. The van der Waals surface area contributed by atoms with Crippen molar-refractivity contribution in [2.75, 3.05) is 5.73 Å². The Balaban J connectivity index is 1.85. The maximum atomic E-state index is 8.97. The highest BCUT2D eigenvalue weighted by atomic mass is 15.1. The smallest absolute Gasteiger partial charge is 0.141 e. The summed E-state index contributed by atoms with van der Waals surface area (Å²) in [5, 5.41) is 8.97. The Bertz CT molecular complexity index is 1090. The van der Waals surface area contributed by atoms with Gasteiger partial charge in [0.1, 0.15) is 5.82 Å². The minimum atomic E-state index is 0.662. The quantitative estimate of drug-likeness (QED) is 0.574. The SMILES string of the molecule is N#Cc1ccc(Cn2c(-c3cccc(N)c3)nc3ccccc32)cc1. The van der Waals surface area contributed by atoms with Crippen LogP contribution in [0.15, 0.2) is 72.8 Å². The summed E-state index contributed by atoms with van der Waals surface area (Å²) in [6.45, 7) is 0.677. The predicted molar refractivity (Wildman–Crippen MR) is 99.8 cm³/mol. The number of nitrogen functional groups attached to an aromatic ring is 1. The van der Waals surface area contributed by atoms with Gasteiger partial charge in [-0.3, -0.25) is 0 Å². The molecule has 4 rings (SSSR count). The largest absolute Gasteiger partial charge is 0.399 e. The summed E-state index contributed by atoms with van der Waals surface area (Å²) < 4.78 is 2.19. The van der Waals surface area contributed by atoms with Crippen LogP contribution >= 0.6 is 0 Å². The highest BCUT2D eigenvalue weighted by Crippen LogP contribution is 2.27. The molecule has 0 aliphatic rings. The highest BCUT2D eigenvalue weighted by molar-refractivity contribution is 5.81. The van der Waals surface area contributed by atoms with Crippen molar-refractivity contribution < 1.29 is 0 Å². The maximum absolute atomic E-state index is 8.97. The fourth-order valence-electron chi connectivity index (χ4n) is 3.00. The Labute approximate surface area is 145 Å². The summed E-state index contributed by atoms with van der Waals surface area (Å²) in [4.78, 5) is 4.81. The minimum Gasteiger partial charge on any atom is -0.399 e. The number of hydrogen-bond donors (Lipinski definition) is 1. The number of imidazole rings is 1. The second kappa shape index (κ2) is 6.14. The minimum absolute atomic E-state index is 0.662. The Kier molecular flexibility index (Phi) is 3.68. The Morgan fingerprint density at radius 1 is 0.960 bits per heavy atom. The monoisotopic (exact) mass is 324 g/mol. The third-order valence-corrected chi connectivity index (χ3v) is 4.22. The van der Waals surface area contributed by atoms with E-state index in [9.17, 15) is 0 Å². The number of benzene rings is 3. The Morgan fingerprint density at radius 2 is 1.76 bits per heavy atom. The van der Waals surface area contributed by atoms with Gasteiger partial charge in [-0.25, -0.2) is 4.98 Å². The first kappa shape index (κ1) is 15.0. The Morgan fingerprint density at radius 3 is 2.52 bits per heavy atom. The number of aromatic nitrogens is 2. The topological polar surface area (TPSA) is 67.6 Å². The molecule has 0 aliphatic heterocycles. The van der Waals surface area contributed by atoms with E-state index >= 15 is 0 Å². The average molecular weight is 324 g/mol. The van der Waals surface area contributed by atoms with Crippen LogP contribution in [0.5, 0.6) is 0 Å². The molecule has 1 aromatic heterocycles. The zero-order valence-electron chi connectivity index (χ0n) is 13.6. The molecule has 0 atom stereocenters. The van der Waals surface area contributed by atoms with Crippen molar-refractivity contribution >= 4 is 16.7 Å². The summed E-state index contributed by atoms with van der Waals surface area (Å²) in [6, 6.07) is 25.7. The van der Waals surface area contributed by atoms with E-state index in [1.54, 1.807) is 0 Å². The number of fused-ring (bicyclic) bond motifs is 1. The fraction of sp³-hybridized carbons (Fsp3) is 0.0476. The number of para-hydroxylation sites is 2. The van der Waals surface area contributed by atoms with Gasteiger partial charge in [0.25, 0.3) is 0 Å². The number of nitriles is 1.